The minimum atomic E-state index is -5.24. The van der Waals surface area contributed by atoms with E-state index in [4.69, 9.17) is 4.74 Å². The molecule has 0 spiro atoms. The summed E-state index contributed by atoms with van der Waals surface area (Å²) in [4.78, 5) is 23.9. The van der Waals surface area contributed by atoms with Crippen LogP contribution in [0.3, 0.4) is 0 Å². The predicted octanol–water partition coefficient (Wildman–Crippen LogP) is 1.22. The number of carbonyl (C=O) groups is 2. The molecule has 2 rings (SSSR count). The molecule has 0 unspecified atom stereocenters. The predicted molar refractivity (Wildman–Crippen MR) is 83.9 cm³/mol. The fourth-order valence-electron chi connectivity index (χ4n) is 2.37. The molecule has 0 aromatic heterocycles. The molecule has 0 aliphatic carbocycles. The Morgan fingerprint density at radius 2 is 1.81 bits per heavy atom. The van der Waals surface area contributed by atoms with Crippen molar-refractivity contribution in [1.82, 2.24) is 0 Å². The Morgan fingerprint density at radius 3 is 2.37 bits per heavy atom. The highest BCUT2D eigenvalue weighted by atomic mass is 32.2. The second-order valence-corrected chi connectivity index (χ2v) is 7.02. The minimum Gasteiger partial charge on any atom is -0.466 e. The summed E-state index contributed by atoms with van der Waals surface area (Å²) < 4.78 is 77.8. The smallest absolute Gasteiger partial charge is 0.355 e. The molecule has 0 bridgehead atoms. The maximum absolute atomic E-state index is 13.6. The lowest BCUT2D eigenvalue weighted by atomic mass is 10.1. The van der Waals surface area contributed by atoms with Gasteiger partial charge in [0.2, 0.25) is 9.84 Å². The molecule has 1 aliphatic heterocycles. The van der Waals surface area contributed by atoms with Gasteiger partial charge in [-0.3, -0.25) is 0 Å². The average molecular weight is 409 g/mol. The first-order valence-electron chi connectivity index (χ1n) is 7.21. The highest BCUT2D eigenvalue weighted by molar-refractivity contribution is 7.91. The Morgan fingerprint density at radius 1 is 1.19 bits per heavy atom. The molecule has 12 heteroatoms. The molecule has 8 nitrogen and oxygen atoms in total. The summed E-state index contributed by atoms with van der Waals surface area (Å²) in [6.07, 6.45) is 0. The van der Waals surface area contributed by atoms with Crippen LogP contribution in [0.4, 0.5) is 18.9 Å². The summed E-state index contributed by atoms with van der Waals surface area (Å²) in [5.41, 5.74) is -1.27. The van der Waals surface area contributed by atoms with Crippen molar-refractivity contribution in [3.8, 4) is 0 Å². The molecule has 1 heterocycles. The van der Waals surface area contributed by atoms with Gasteiger partial charge in [0.25, 0.3) is 0 Å². The van der Waals surface area contributed by atoms with Crippen LogP contribution in [-0.4, -0.2) is 53.7 Å². The number of sulfone groups is 1. The van der Waals surface area contributed by atoms with Gasteiger partial charge in [-0.05, 0) is 18.2 Å². The average Bonchev–Trinajstić information content (AvgIpc) is 2.65. The first-order chi connectivity index (χ1) is 12.6. The molecular weight excluding hydrogens is 395 g/mol. The number of alkyl halides is 2. The van der Waals surface area contributed by atoms with Crippen molar-refractivity contribution < 1.29 is 45.4 Å². The number of benzene rings is 1. The Hall–Kier alpha value is -2.60. The molecule has 0 radical (unpaired) electrons. The Kier molecular flexibility index (Phi) is 6.11. The van der Waals surface area contributed by atoms with Crippen molar-refractivity contribution in [3.05, 3.63) is 35.3 Å². The topological polar surface area (TPSA) is 99.2 Å². The summed E-state index contributed by atoms with van der Waals surface area (Å²) in [7, 11) is -3.21. The summed E-state index contributed by atoms with van der Waals surface area (Å²) in [6.45, 7) is -0.853. The maximum atomic E-state index is 13.6. The van der Waals surface area contributed by atoms with Gasteiger partial charge in [0.05, 0.1) is 37.0 Å². The third kappa shape index (κ3) is 3.90. The van der Waals surface area contributed by atoms with E-state index in [1.54, 1.807) is 0 Å². The summed E-state index contributed by atoms with van der Waals surface area (Å²) in [6, 6.07) is 2.07. The second-order valence-electron chi connectivity index (χ2n) is 5.13. The van der Waals surface area contributed by atoms with Crippen LogP contribution in [0, 0.1) is 5.82 Å². The summed E-state index contributed by atoms with van der Waals surface area (Å²) >= 11 is 0. The van der Waals surface area contributed by atoms with Gasteiger partial charge >= 0.3 is 17.7 Å². The number of hydrogen-bond acceptors (Lipinski definition) is 8. The molecule has 0 fully saturated rings. The van der Waals surface area contributed by atoms with Crippen LogP contribution in [-0.2, 0) is 33.6 Å². The van der Waals surface area contributed by atoms with Crippen LogP contribution in [0.15, 0.2) is 34.4 Å². The number of nitrogens with zero attached hydrogens (tertiary/aromatic N) is 1. The van der Waals surface area contributed by atoms with Crippen molar-refractivity contribution in [2.45, 2.75) is 10.7 Å². The third-order valence-electron chi connectivity index (χ3n) is 3.59. The number of esters is 2. The van der Waals surface area contributed by atoms with Gasteiger partial charge in [0, 0.05) is 0 Å². The molecule has 27 heavy (non-hydrogen) atoms. The van der Waals surface area contributed by atoms with E-state index in [1.807, 2.05) is 0 Å². The van der Waals surface area contributed by atoms with E-state index >= 15 is 0 Å². The number of ether oxygens (including phenoxy) is 3. The van der Waals surface area contributed by atoms with Gasteiger partial charge in [-0.2, -0.15) is 8.78 Å². The highest BCUT2D eigenvalue weighted by Gasteiger charge is 2.37. The first-order valence-corrected chi connectivity index (χ1v) is 8.76. The van der Waals surface area contributed by atoms with Crippen molar-refractivity contribution in [2.75, 3.05) is 32.5 Å². The van der Waals surface area contributed by atoms with E-state index in [1.165, 1.54) is 0 Å². The zero-order chi connectivity index (χ0) is 20.4. The zero-order valence-electron chi connectivity index (χ0n) is 14.1. The molecule has 0 atom stereocenters. The lowest BCUT2D eigenvalue weighted by molar-refractivity contribution is -0.140. The first kappa shape index (κ1) is 20.7. The molecule has 148 valence electrons. The zero-order valence-corrected chi connectivity index (χ0v) is 14.9. The molecule has 1 aromatic rings. The lowest BCUT2D eigenvalue weighted by Gasteiger charge is -2.32. The van der Waals surface area contributed by atoms with Gasteiger partial charge in [-0.15, -0.1) is 0 Å². The molecule has 0 amide bonds. The Labute approximate surface area is 152 Å². The fraction of sp³-hybridized carbons (Fsp3) is 0.333. The normalized spacial score (nSPS) is 15.1. The van der Waals surface area contributed by atoms with Crippen molar-refractivity contribution >= 4 is 27.5 Å². The standard InChI is InChI=1S/C15H14F3NO7S/c1-24-13(20)9-6-26-7-19(12(9)14(21)25-2)10-4-3-8(16)5-11(10)27(22,23)15(17)18/h3-5,15H,6-7H2,1-2H3. The number of methoxy groups -OCH3 is 2. The number of halogens is 3. The van der Waals surface area contributed by atoms with Gasteiger partial charge < -0.3 is 19.1 Å². The molecule has 0 saturated carbocycles. The highest BCUT2D eigenvalue weighted by Crippen LogP contribution is 2.34. The van der Waals surface area contributed by atoms with Gasteiger partial charge in [-0.25, -0.2) is 22.4 Å². The third-order valence-corrected chi connectivity index (χ3v) is 5.00. The molecule has 1 aromatic carbocycles. The molecule has 0 saturated heterocycles. The summed E-state index contributed by atoms with van der Waals surface area (Å²) in [5.74, 6) is -6.97. The van der Waals surface area contributed by atoms with Gasteiger partial charge in [-0.1, -0.05) is 0 Å². The van der Waals surface area contributed by atoms with E-state index in [-0.39, 0.29) is 12.2 Å². The van der Waals surface area contributed by atoms with E-state index in [2.05, 4.69) is 9.47 Å². The number of anilines is 1. The molecule has 0 N–H and O–H groups in total. The van der Waals surface area contributed by atoms with E-state index in [0.717, 1.165) is 31.3 Å². The van der Waals surface area contributed by atoms with E-state index in [0.29, 0.717) is 6.07 Å². The second kappa shape index (κ2) is 7.96. The monoisotopic (exact) mass is 409 g/mol. The quantitative estimate of drug-likeness (QED) is 0.670. The van der Waals surface area contributed by atoms with Crippen LogP contribution in [0.5, 0.6) is 0 Å². The van der Waals surface area contributed by atoms with Crippen LogP contribution in [0.1, 0.15) is 0 Å². The number of rotatable bonds is 5. The van der Waals surface area contributed by atoms with Crippen LogP contribution >= 0.6 is 0 Å². The van der Waals surface area contributed by atoms with Crippen LogP contribution < -0.4 is 4.90 Å². The van der Waals surface area contributed by atoms with E-state index < -0.39 is 56.4 Å². The number of carbonyl (C=O) groups excluding carboxylic acids is 2. The van der Waals surface area contributed by atoms with Gasteiger partial charge in [0.15, 0.2) is 0 Å². The van der Waals surface area contributed by atoms with Crippen LogP contribution in [0.2, 0.25) is 0 Å². The minimum absolute atomic E-state index is 0.319. The van der Waals surface area contributed by atoms with Crippen LogP contribution in [0.25, 0.3) is 0 Å². The van der Waals surface area contributed by atoms with Gasteiger partial charge in [0.1, 0.15) is 18.2 Å². The molecular formula is C15H14F3NO7S. The SMILES string of the molecule is COC(=O)C1=C(C(=O)OC)N(c2ccc(F)cc2S(=O)(=O)C(F)F)COC1. The number of hydrogen-bond donors (Lipinski definition) is 0. The summed E-state index contributed by atoms with van der Waals surface area (Å²) in [5, 5.41) is 0. The Balaban J connectivity index is 2.76. The molecule has 1 aliphatic rings. The van der Waals surface area contributed by atoms with Crippen molar-refractivity contribution in [1.29, 1.82) is 0 Å². The van der Waals surface area contributed by atoms with E-state index in [9.17, 15) is 31.2 Å². The Bertz CT molecular complexity index is 899. The van der Waals surface area contributed by atoms with Crippen molar-refractivity contribution in [3.63, 3.8) is 0 Å². The maximum Gasteiger partial charge on any atom is 0.355 e. The largest absolute Gasteiger partial charge is 0.466 e. The lowest BCUT2D eigenvalue weighted by Crippen LogP contribution is -2.39. The van der Waals surface area contributed by atoms with Crippen molar-refractivity contribution in [2.24, 2.45) is 0 Å². The fourth-order valence-corrected chi connectivity index (χ4v) is 3.31.